The van der Waals surface area contributed by atoms with Crippen molar-refractivity contribution in [1.29, 1.82) is 0 Å². The van der Waals surface area contributed by atoms with E-state index in [0.717, 1.165) is 81.9 Å². The quantitative estimate of drug-likeness (QED) is 0.204. The lowest BCUT2D eigenvalue weighted by molar-refractivity contribution is -0.137. The number of hydrogen-bond acceptors (Lipinski definition) is 6. The van der Waals surface area contributed by atoms with Crippen molar-refractivity contribution in [3.8, 4) is 0 Å². The number of carbonyl (C=O) groups is 2. The first kappa shape index (κ1) is 32.9. The van der Waals surface area contributed by atoms with Crippen molar-refractivity contribution in [1.82, 2.24) is 9.88 Å². The molecule has 2 fully saturated rings. The molecule has 0 unspecified atom stereocenters. The van der Waals surface area contributed by atoms with Gasteiger partial charge in [0.05, 0.1) is 17.4 Å². The van der Waals surface area contributed by atoms with Gasteiger partial charge in [-0.05, 0) is 85.0 Å². The highest BCUT2D eigenvalue weighted by molar-refractivity contribution is 6.04. The smallest absolute Gasteiger partial charge is 0.372 e. The van der Waals surface area contributed by atoms with Crippen molar-refractivity contribution in [2.75, 3.05) is 59.7 Å². The van der Waals surface area contributed by atoms with Crippen LogP contribution in [0.15, 0.2) is 97.2 Å². The Kier molecular flexibility index (Phi) is 10.1. The van der Waals surface area contributed by atoms with Crippen LogP contribution in [-0.2, 0) is 17.5 Å². The monoisotopic (exact) mass is 656 g/mol. The number of aromatic nitrogens is 1. The zero-order chi connectivity index (χ0) is 33.5. The number of halogens is 3. The van der Waals surface area contributed by atoms with Gasteiger partial charge in [-0.15, -0.1) is 0 Å². The highest BCUT2D eigenvalue weighted by Crippen LogP contribution is 2.30. The summed E-state index contributed by atoms with van der Waals surface area (Å²) in [5.74, 6) is 0.810. The van der Waals surface area contributed by atoms with Crippen molar-refractivity contribution in [2.24, 2.45) is 5.92 Å². The molecule has 0 saturated carbocycles. The van der Waals surface area contributed by atoms with E-state index in [0.29, 0.717) is 30.4 Å². The molecule has 3 heterocycles. The maximum atomic E-state index is 13.0. The molecule has 0 spiro atoms. The molecule has 2 saturated heterocycles. The molecule has 1 aromatic heterocycles. The van der Waals surface area contributed by atoms with E-state index in [1.54, 1.807) is 12.1 Å². The van der Waals surface area contributed by atoms with Crippen LogP contribution in [0.1, 0.15) is 40.7 Å². The Hall–Kier alpha value is -5.06. The molecule has 6 rings (SSSR count). The van der Waals surface area contributed by atoms with Crippen molar-refractivity contribution >= 4 is 34.7 Å². The Balaban J connectivity index is 0.904. The third-order valence-electron chi connectivity index (χ3n) is 9.10. The number of benzene rings is 3. The van der Waals surface area contributed by atoms with Gasteiger partial charge in [0.2, 0.25) is 5.91 Å². The van der Waals surface area contributed by atoms with Crippen LogP contribution in [0.4, 0.5) is 36.1 Å². The van der Waals surface area contributed by atoms with Gasteiger partial charge in [0.1, 0.15) is 5.82 Å². The number of piperidine rings is 1. The number of amides is 2. The second kappa shape index (κ2) is 14.8. The summed E-state index contributed by atoms with van der Waals surface area (Å²) in [4.78, 5) is 36.6. The largest absolute Gasteiger partial charge is 0.416 e. The fraction of sp³-hybridized carbons (Fsp3) is 0.324. The predicted molar refractivity (Wildman–Crippen MR) is 182 cm³/mol. The Morgan fingerprint density at radius 3 is 2.02 bits per heavy atom. The predicted octanol–water partition coefficient (Wildman–Crippen LogP) is 6.92. The molecule has 0 atom stereocenters. The Bertz CT molecular complexity index is 1650. The van der Waals surface area contributed by atoms with Crippen LogP contribution in [0.3, 0.4) is 0 Å². The summed E-state index contributed by atoms with van der Waals surface area (Å²) in [6.07, 6.45) is -0.316. The van der Waals surface area contributed by atoms with Crippen LogP contribution in [0, 0.1) is 5.92 Å². The Morgan fingerprint density at radius 2 is 1.40 bits per heavy atom. The lowest BCUT2D eigenvalue weighted by atomic mass is 9.92. The fourth-order valence-electron chi connectivity index (χ4n) is 6.23. The lowest BCUT2D eigenvalue weighted by Gasteiger charge is -2.38. The third-order valence-corrected chi connectivity index (χ3v) is 9.10. The summed E-state index contributed by atoms with van der Waals surface area (Å²) in [6, 6.07) is 26.3. The van der Waals surface area contributed by atoms with Crippen molar-refractivity contribution < 1.29 is 22.8 Å². The van der Waals surface area contributed by atoms with Crippen molar-refractivity contribution in [3.63, 3.8) is 0 Å². The molecule has 2 N–H and O–H groups in total. The summed E-state index contributed by atoms with van der Waals surface area (Å²) >= 11 is 0. The first-order chi connectivity index (χ1) is 23.2. The molecule has 2 aliphatic rings. The molecule has 0 radical (unpaired) electrons. The number of anilines is 4. The van der Waals surface area contributed by atoms with Gasteiger partial charge < -0.3 is 25.3 Å². The number of nitrogens with zero attached hydrogens (tertiary/aromatic N) is 4. The summed E-state index contributed by atoms with van der Waals surface area (Å²) in [7, 11) is 0. The van der Waals surface area contributed by atoms with Gasteiger partial charge in [0, 0.05) is 69.2 Å². The minimum Gasteiger partial charge on any atom is -0.372 e. The Morgan fingerprint density at radius 1 is 0.750 bits per heavy atom. The summed E-state index contributed by atoms with van der Waals surface area (Å²) < 4.78 is 38.3. The van der Waals surface area contributed by atoms with E-state index in [9.17, 15) is 22.8 Å². The van der Waals surface area contributed by atoms with E-state index in [1.807, 2.05) is 11.0 Å². The highest BCUT2D eigenvalue weighted by atomic mass is 19.4. The van der Waals surface area contributed by atoms with Crippen LogP contribution >= 0.6 is 0 Å². The standard InChI is InChI=1S/C37H39F3N6O2/c38-37(39,40)30-10-8-29(9-11-30)36(48)43-31-12-15-34(42-26-31)41-25-28-6-13-33(14-7-28)44-18-16-27(17-19-44)24-35(47)46-22-20-45(21-23-46)32-4-2-1-3-5-32/h1-15,26-27H,16-25H2,(H,41,42)(H,43,48). The van der Waals surface area contributed by atoms with Gasteiger partial charge in [0.15, 0.2) is 0 Å². The molecule has 8 nitrogen and oxygen atoms in total. The first-order valence-corrected chi connectivity index (χ1v) is 16.3. The molecule has 3 aromatic carbocycles. The minimum atomic E-state index is -4.45. The zero-order valence-corrected chi connectivity index (χ0v) is 26.6. The van der Waals surface area contributed by atoms with Gasteiger partial charge in [-0.25, -0.2) is 4.98 Å². The number of para-hydroxylation sites is 1. The van der Waals surface area contributed by atoms with Crippen LogP contribution in [0.25, 0.3) is 0 Å². The van der Waals surface area contributed by atoms with E-state index in [2.05, 4.69) is 73.9 Å². The molecule has 250 valence electrons. The molecular formula is C37H39F3N6O2. The van der Waals surface area contributed by atoms with Gasteiger partial charge in [0.25, 0.3) is 5.91 Å². The van der Waals surface area contributed by atoms with E-state index >= 15 is 0 Å². The minimum absolute atomic E-state index is 0.122. The summed E-state index contributed by atoms with van der Waals surface area (Å²) in [6.45, 7) is 5.74. The average molecular weight is 657 g/mol. The van der Waals surface area contributed by atoms with Crippen LogP contribution in [0.5, 0.6) is 0 Å². The lowest BCUT2D eigenvalue weighted by Crippen LogP contribution is -2.49. The number of rotatable bonds is 9. The van der Waals surface area contributed by atoms with Gasteiger partial charge in [-0.2, -0.15) is 13.2 Å². The van der Waals surface area contributed by atoms with E-state index in [1.165, 1.54) is 17.6 Å². The number of nitrogens with one attached hydrogen (secondary N) is 2. The van der Waals surface area contributed by atoms with Gasteiger partial charge in [-0.1, -0.05) is 30.3 Å². The highest BCUT2D eigenvalue weighted by Gasteiger charge is 2.30. The molecule has 48 heavy (non-hydrogen) atoms. The summed E-state index contributed by atoms with van der Waals surface area (Å²) in [5, 5.41) is 5.92. The number of pyridine rings is 1. The van der Waals surface area contributed by atoms with Crippen LogP contribution < -0.4 is 20.4 Å². The molecule has 11 heteroatoms. The zero-order valence-electron chi connectivity index (χ0n) is 26.6. The van der Waals surface area contributed by atoms with E-state index in [-0.39, 0.29) is 11.5 Å². The third kappa shape index (κ3) is 8.44. The number of alkyl halides is 3. The fourth-order valence-corrected chi connectivity index (χ4v) is 6.23. The second-order valence-corrected chi connectivity index (χ2v) is 12.3. The maximum absolute atomic E-state index is 13.0. The number of carbonyl (C=O) groups excluding carboxylic acids is 2. The summed E-state index contributed by atoms with van der Waals surface area (Å²) in [5.41, 5.74) is 3.24. The number of piperazine rings is 1. The second-order valence-electron chi connectivity index (χ2n) is 12.3. The van der Waals surface area contributed by atoms with Gasteiger partial charge in [-0.3, -0.25) is 9.59 Å². The topological polar surface area (TPSA) is 80.8 Å². The van der Waals surface area contributed by atoms with E-state index < -0.39 is 17.6 Å². The van der Waals surface area contributed by atoms with Crippen LogP contribution in [0.2, 0.25) is 0 Å². The average Bonchev–Trinajstić information content (AvgIpc) is 3.12. The molecule has 4 aromatic rings. The normalized spacial score (nSPS) is 15.7. The van der Waals surface area contributed by atoms with Crippen molar-refractivity contribution in [3.05, 3.63) is 114 Å². The molecule has 0 bridgehead atoms. The van der Waals surface area contributed by atoms with Crippen LogP contribution in [-0.4, -0.2) is 61.0 Å². The van der Waals surface area contributed by atoms with Gasteiger partial charge >= 0.3 is 6.18 Å². The molecule has 2 aliphatic heterocycles. The molecular weight excluding hydrogens is 617 g/mol. The van der Waals surface area contributed by atoms with Crippen molar-refractivity contribution in [2.45, 2.75) is 32.0 Å². The molecule has 0 aliphatic carbocycles. The SMILES string of the molecule is O=C(Nc1ccc(NCc2ccc(N3CCC(CC(=O)N4CCN(c5ccccc5)CC4)CC3)cc2)nc1)c1ccc(C(F)(F)F)cc1. The Labute approximate surface area is 278 Å². The number of hydrogen-bond donors (Lipinski definition) is 2. The molecule has 2 amide bonds. The first-order valence-electron chi connectivity index (χ1n) is 16.3. The maximum Gasteiger partial charge on any atom is 0.416 e. The van der Waals surface area contributed by atoms with E-state index in [4.69, 9.17) is 0 Å².